The molecule has 1 aliphatic carbocycles. The Balaban J connectivity index is 1.89. The van der Waals surface area contributed by atoms with Crippen LogP contribution in [0.2, 0.25) is 0 Å². The number of carbonyl (C=O) groups is 1. The van der Waals surface area contributed by atoms with Gasteiger partial charge in [-0.25, -0.2) is 0 Å². The number of anilines is 1. The van der Waals surface area contributed by atoms with Gasteiger partial charge in [-0.1, -0.05) is 5.92 Å². The normalized spacial score (nSPS) is 12.7. The van der Waals surface area contributed by atoms with Crippen LogP contribution in [0.1, 0.15) is 34.4 Å². The number of fused-ring (bicyclic) bond motifs is 1. The van der Waals surface area contributed by atoms with E-state index in [1.807, 2.05) is 6.07 Å². The molecule has 2 aromatic rings. The van der Waals surface area contributed by atoms with Crippen LogP contribution in [0.3, 0.4) is 0 Å². The number of benzene rings is 1. The summed E-state index contributed by atoms with van der Waals surface area (Å²) in [4.78, 5) is 13.9. The number of hydrogen-bond acceptors (Lipinski definition) is 6. The molecular formula is C23H18BrN3O3S. The van der Waals surface area contributed by atoms with E-state index < -0.39 is 5.91 Å². The summed E-state index contributed by atoms with van der Waals surface area (Å²) in [7, 11) is 1.48. The Hall–Kier alpha value is -3.25. The largest absolute Gasteiger partial charge is 0.493 e. The van der Waals surface area contributed by atoms with Crippen LogP contribution in [0.15, 0.2) is 22.2 Å². The van der Waals surface area contributed by atoms with Gasteiger partial charge < -0.3 is 14.8 Å². The lowest BCUT2D eigenvalue weighted by Crippen LogP contribution is -2.13. The van der Waals surface area contributed by atoms with E-state index in [1.54, 1.807) is 12.1 Å². The van der Waals surface area contributed by atoms with Gasteiger partial charge in [-0.05, 0) is 70.9 Å². The second kappa shape index (κ2) is 10.2. The smallest absolute Gasteiger partial charge is 0.266 e. The number of halogens is 1. The second-order valence-corrected chi connectivity index (χ2v) is 8.64. The molecule has 31 heavy (non-hydrogen) atoms. The minimum Gasteiger partial charge on any atom is -0.493 e. The highest BCUT2D eigenvalue weighted by molar-refractivity contribution is 9.10. The van der Waals surface area contributed by atoms with Crippen molar-refractivity contribution in [3.05, 3.63) is 43.7 Å². The summed E-state index contributed by atoms with van der Waals surface area (Å²) in [5.74, 6) is 2.66. The third-order valence-electron chi connectivity index (χ3n) is 4.74. The van der Waals surface area contributed by atoms with Crippen LogP contribution in [0.25, 0.3) is 6.08 Å². The maximum Gasteiger partial charge on any atom is 0.266 e. The molecular weight excluding hydrogens is 478 g/mol. The van der Waals surface area contributed by atoms with E-state index in [1.165, 1.54) is 24.5 Å². The van der Waals surface area contributed by atoms with Gasteiger partial charge in [0.25, 0.3) is 5.91 Å². The Kier molecular flexibility index (Phi) is 7.36. The standard InChI is InChI=1S/C23H18BrN3O3S/c1-3-8-30-21-18(24)10-14(11-19(21)29-2)9-15(12-25)22(28)27-23-17(13-26)16-6-4-5-7-20(16)31-23/h1,9-11H,4-8H2,2H3,(H,27,28). The molecule has 0 fully saturated rings. The molecule has 8 heteroatoms. The quantitative estimate of drug-likeness (QED) is 0.351. The summed E-state index contributed by atoms with van der Waals surface area (Å²) in [6, 6.07) is 7.48. The van der Waals surface area contributed by atoms with E-state index in [0.29, 0.717) is 32.1 Å². The molecule has 1 aliphatic rings. The van der Waals surface area contributed by atoms with Gasteiger partial charge in [0.2, 0.25) is 0 Å². The fourth-order valence-corrected chi connectivity index (χ4v) is 5.14. The molecule has 0 atom stereocenters. The number of rotatable bonds is 6. The van der Waals surface area contributed by atoms with Crippen LogP contribution in [-0.4, -0.2) is 19.6 Å². The van der Waals surface area contributed by atoms with E-state index in [4.69, 9.17) is 15.9 Å². The van der Waals surface area contributed by atoms with Crippen molar-refractivity contribution >= 4 is 44.3 Å². The van der Waals surface area contributed by atoms with E-state index in [-0.39, 0.29) is 12.2 Å². The highest BCUT2D eigenvalue weighted by Crippen LogP contribution is 2.39. The van der Waals surface area contributed by atoms with Gasteiger partial charge in [0.05, 0.1) is 17.1 Å². The van der Waals surface area contributed by atoms with Crippen molar-refractivity contribution < 1.29 is 14.3 Å². The first-order valence-electron chi connectivity index (χ1n) is 9.44. The molecule has 0 unspecified atom stereocenters. The van der Waals surface area contributed by atoms with Crippen LogP contribution in [-0.2, 0) is 17.6 Å². The molecule has 1 amide bonds. The number of nitrogens with zero attached hydrogens (tertiary/aromatic N) is 2. The van der Waals surface area contributed by atoms with Crippen LogP contribution in [0.5, 0.6) is 11.5 Å². The first kappa shape index (κ1) is 22.4. The third-order valence-corrected chi connectivity index (χ3v) is 6.53. The predicted molar refractivity (Wildman–Crippen MR) is 123 cm³/mol. The van der Waals surface area contributed by atoms with E-state index >= 15 is 0 Å². The zero-order valence-electron chi connectivity index (χ0n) is 16.8. The van der Waals surface area contributed by atoms with Gasteiger partial charge in [-0.2, -0.15) is 10.5 Å². The molecule has 1 N–H and O–H groups in total. The molecule has 0 radical (unpaired) electrons. The molecule has 156 valence electrons. The number of thiophene rings is 1. The lowest BCUT2D eigenvalue weighted by atomic mass is 9.96. The van der Waals surface area contributed by atoms with Gasteiger partial charge in [-0.15, -0.1) is 17.8 Å². The van der Waals surface area contributed by atoms with Gasteiger partial charge in [-0.3, -0.25) is 4.79 Å². The maximum atomic E-state index is 12.8. The SMILES string of the molecule is C#CCOc1c(Br)cc(C=C(C#N)C(=O)Nc2sc3c(c2C#N)CCCC3)cc1OC. The first-order chi connectivity index (χ1) is 15.0. The van der Waals surface area contributed by atoms with E-state index in [2.05, 4.69) is 33.2 Å². The average Bonchev–Trinajstić information content (AvgIpc) is 3.13. The van der Waals surface area contributed by atoms with Gasteiger partial charge in [0.15, 0.2) is 11.5 Å². The summed E-state index contributed by atoms with van der Waals surface area (Å²) < 4.78 is 11.4. The number of amides is 1. The van der Waals surface area contributed by atoms with Crippen LogP contribution < -0.4 is 14.8 Å². The topological polar surface area (TPSA) is 95.1 Å². The minimum absolute atomic E-state index is 0.0714. The Morgan fingerprint density at radius 2 is 2.13 bits per heavy atom. The highest BCUT2D eigenvalue weighted by atomic mass is 79.9. The Labute approximate surface area is 193 Å². The highest BCUT2D eigenvalue weighted by Gasteiger charge is 2.23. The lowest BCUT2D eigenvalue weighted by molar-refractivity contribution is -0.112. The molecule has 0 saturated heterocycles. The van der Waals surface area contributed by atoms with Crippen molar-refractivity contribution in [2.24, 2.45) is 0 Å². The monoisotopic (exact) mass is 495 g/mol. The van der Waals surface area contributed by atoms with Crippen molar-refractivity contribution in [2.45, 2.75) is 25.7 Å². The molecule has 1 aromatic carbocycles. The molecule has 6 nitrogen and oxygen atoms in total. The van der Waals surface area contributed by atoms with E-state index in [0.717, 1.165) is 36.1 Å². The zero-order chi connectivity index (χ0) is 22.4. The number of aryl methyl sites for hydroxylation is 1. The first-order valence-corrected chi connectivity index (χ1v) is 11.0. The second-order valence-electron chi connectivity index (χ2n) is 6.68. The zero-order valence-corrected chi connectivity index (χ0v) is 19.2. The number of nitrogens with one attached hydrogen (secondary N) is 1. The minimum atomic E-state index is -0.569. The number of ether oxygens (including phenoxy) is 2. The van der Waals surface area contributed by atoms with Crippen molar-refractivity contribution in [1.29, 1.82) is 10.5 Å². The summed E-state index contributed by atoms with van der Waals surface area (Å²) in [5.41, 5.74) is 1.99. The lowest BCUT2D eigenvalue weighted by Gasteiger charge is -2.12. The van der Waals surface area contributed by atoms with Crippen molar-refractivity contribution in [2.75, 3.05) is 19.0 Å². The predicted octanol–water partition coefficient (Wildman–Crippen LogP) is 4.83. The number of terminal acetylenes is 1. The fourth-order valence-electron chi connectivity index (χ4n) is 3.33. The maximum absolute atomic E-state index is 12.8. The Morgan fingerprint density at radius 3 is 2.81 bits per heavy atom. The fraction of sp³-hybridized carbons (Fsp3) is 0.261. The van der Waals surface area contributed by atoms with Crippen molar-refractivity contribution in [1.82, 2.24) is 0 Å². The molecule has 0 aliphatic heterocycles. The third kappa shape index (κ3) is 4.91. The van der Waals surface area contributed by atoms with Crippen molar-refractivity contribution in [3.63, 3.8) is 0 Å². The number of nitriles is 2. The number of hydrogen-bond donors (Lipinski definition) is 1. The van der Waals surface area contributed by atoms with Gasteiger partial charge in [0, 0.05) is 4.88 Å². The molecule has 1 aromatic heterocycles. The summed E-state index contributed by atoms with van der Waals surface area (Å²) >= 11 is 4.82. The summed E-state index contributed by atoms with van der Waals surface area (Å²) in [5, 5.41) is 22.4. The number of carbonyl (C=O) groups excluding carboxylic acids is 1. The van der Waals surface area contributed by atoms with Gasteiger partial charge >= 0.3 is 0 Å². The summed E-state index contributed by atoms with van der Waals surface area (Å²) in [6.45, 7) is 0.0714. The van der Waals surface area contributed by atoms with Crippen LogP contribution in [0, 0.1) is 35.0 Å². The van der Waals surface area contributed by atoms with Crippen molar-refractivity contribution in [3.8, 4) is 36.0 Å². The summed E-state index contributed by atoms with van der Waals surface area (Å²) in [6.07, 6.45) is 10.6. The Bertz CT molecular complexity index is 1180. The van der Waals surface area contributed by atoms with E-state index in [9.17, 15) is 15.3 Å². The Morgan fingerprint density at radius 1 is 1.35 bits per heavy atom. The molecule has 1 heterocycles. The van der Waals surface area contributed by atoms with Gasteiger partial charge in [0.1, 0.15) is 29.3 Å². The molecule has 3 rings (SSSR count). The average molecular weight is 496 g/mol. The molecule has 0 spiro atoms. The number of methoxy groups -OCH3 is 1. The molecule has 0 bridgehead atoms. The molecule has 0 saturated carbocycles. The van der Waals surface area contributed by atoms with Crippen LogP contribution >= 0.6 is 27.3 Å². The van der Waals surface area contributed by atoms with Crippen LogP contribution in [0.4, 0.5) is 5.00 Å².